The molecule has 1 aliphatic rings. The Morgan fingerprint density at radius 1 is 1.55 bits per heavy atom. The molecule has 0 atom stereocenters. The van der Waals surface area contributed by atoms with E-state index in [9.17, 15) is 0 Å². The molecular weight excluding hydrogens is 142 g/mol. The van der Waals surface area contributed by atoms with Crippen LogP contribution in [-0.2, 0) is 6.54 Å². The Bertz CT molecular complexity index is 289. The SMILES string of the molecule is N=C1CN(N)c2cncn2C1. The standard InChI is InChI=1S/C6H9N5/c7-5-2-10-4-9-1-6(10)11(8)3-5/h1,4,7H,2-3,8H2. The first-order valence-corrected chi connectivity index (χ1v) is 3.36. The van der Waals surface area contributed by atoms with Crippen molar-refractivity contribution in [3.05, 3.63) is 12.5 Å². The molecule has 5 nitrogen and oxygen atoms in total. The third-order valence-corrected chi connectivity index (χ3v) is 1.71. The summed E-state index contributed by atoms with van der Waals surface area (Å²) in [5.41, 5.74) is 0.609. The summed E-state index contributed by atoms with van der Waals surface area (Å²) < 4.78 is 1.85. The fourth-order valence-electron chi connectivity index (χ4n) is 1.22. The zero-order valence-electron chi connectivity index (χ0n) is 5.99. The fraction of sp³-hybridized carbons (Fsp3) is 0.333. The maximum absolute atomic E-state index is 7.42. The molecule has 0 saturated heterocycles. The first kappa shape index (κ1) is 6.36. The van der Waals surface area contributed by atoms with E-state index in [2.05, 4.69) is 4.98 Å². The van der Waals surface area contributed by atoms with Gasteiger partial charge in [-0.15, -0.1) is 0 Å². The largest absolute Gasteiger partial charge is 0.311 e. The number of hydrazine groups is 1. The van der Waals surface area contributed by atoms with Gasteiger partial charge in [-0.3, -0.25) is 5.01 Å². The topological polar surface area (TPSA) is 70.9 Å². The van der Waals surface area contributed by atoms with Gasteiger partial charge < -0.3 is 9.98 Å². The lowest BCUT2D eigenvalue weighted by Crippen LogP contribution is -2.42. The van der Waals surface area contributed by atoms with E-state index in [1.54, 1.807) is 12.5 Å². The van der Waals surface area contributed by atoms with Gasteiger partial charge in [0.15, 0.2) is 0 Å². The monoisotopic (exact) mass is 151 g/mol. The van der Waals surface area contributed by atoms with Crippen LogP contribution in [0.15, 0.2) is 12.5 Å². The van der Waals surface area contributed by atoms with Crippen LogP contribution < -0.4 is 10.9 Å². The molecule has 5 heteroatoms. The van der Waals surface area contributed by atoms with Crippen LogP contribution in [0.1, 0.15) is 0 Å². The van der Waals surface area contributed by atoms with E-state index >= 15 is 0 Å². The second kappa shape index (κ2) is 2.06. The molecule has 0 aliphatic carbocycles. The fourth-order valence-corrected chi connectivity index (χ4v) is 1.22. The van der Waals surface area contributed by atoms with Crippen LogP contribution in [0.5, 0.6) is 0 Å². The van der Waals surface area contributed by atoms with Gasteiger partial charge in [0.1, 0.15) is 5.82 Å². The summed E-state index contributed by atoms with van der Waals surface area (Å²) in [6.07, 6.45) is 3.38. The minimum Gasteiger partial charge on any atom is -0.311 e. The highest BCUT2D eigenvalue weighted by Crippen LogP contribution is 2.13. The van der Waals surface area contributed by atoms with Crippen molar-refractivity contribution in [3.63, 3.8) is 0 Å². The van der Waals surface area contributed by atoms with Gasteiger partial charge in [0.25, 0.3) is 0 Å². The highest BCUT2D eigenvalue weighted by molar-refractivity contribution is 5.87. The first-order chi connectivity index (χ1) is 5.27. The summed E-state index contributed by atoms with van der Waals surface area (Å²) >= 11 is 0. The van der Waals surface area contributed by atoms with Crippen molar-refractivity contribution in [3.8, 4) is 0 Å². The van der Waals surface area contributed by atoms with Crippen LogP contribution in [0.25, 0.3) is 0 Å². The van der Waals surface area contributed by atoms with Gasteiger partial charge in [0.05, 0.1) is 25.6 Å². The molecule has 0 fully saturated rings. The van der Waals surface area contributed by atoms with Gasteiger partial charge in [0.2, 0.25) is 0 Å². The van der Waals surface area contributed by atoms with Crippen molar-refractivity contribution in [1.29, 1.82) is 5.41 Å². The van der Waals surface area contributed by atoms with Crippen LogP contribution in [0.2, 0.25) is 0 Å². The van der Waals surface area contributed by atoms with Crippen molar-refractivity contribution in [2.45, 2.75) is 6.54 Å². The van der Waals surface area contributed by atoms with Gasteiger partial charge in [-0.1, -0.05) is 0 Å². The van der Waals surface area contributed by atoms with E-state index in [1.165, 1.54) is 5.01 Å². The summed E-state index contributed by atoms with van der Waals surface area (Å²) in [7, 11) is 0. The number of aromatic nitrogens is 2. The minimum atomic E-state index is 0.506. The van der Waals surface area contributed by atoms with Gasteiger partial charge in [-0.25, -0.2) is 10.8 Å². The van der Waals surface area contributed by atoms with Crippen molar-refractivity contribution >= 4 is 11.5 Å². The number of hydrogen-bond acceptors (Lipinski definition) is 4. The average Bonchev–Trinajstić information content (AvgIpc) is 2.34. The average molecular weight is 151 g/mol. The number of rotatable bonds is 0. The molecule has 2 rings (SSSR count). The molecule has 0 saturated carbocycles. The Balaban J connectivity index is 2.43. The number of imidazole rings is 1. The smallest absolute Gasteiger partial charge is 0.143 e. The lowest BCUT2D eigenvalue weighted by atomic mass is 10.3. The zero-order chi connectivity index (χ0) is 7.84. The molecule has 1 aromatic rings. The molecule has 58 valence electrons. The molecule has 1 aromatic heterocycles. The van der Waals surface area contributed by atoms with E-state index in [0.717, 1.165) is 5.82 Å². The second-order valence-corrected chi connectivity index (χ2v) is 2.61. The number of hydrogen-bond donors (Lipinski definition) is 2. The van der Waals surface area contributed by atoms with E-state index in [-0.39, 0.29) is 0 Å². The molecule has 0 spiro atoms. The molecule has 11 heavy (non-hydrogen) atoms. The van der Waals surface area contributed by atoms with Gasteiger partial charge in [0, 0.05) is 5.71 Å². The van der Waals surface area contributed by atoms with E-state index < -0.39 is 0 Å². The third kappa shape index (κ3) is 0.894. The van der Waals surface area contributed by atoms with Crippen molar-refractivity contribution in [1.82, 2.24) is 9.55 Å². The molecule has 0 unspecified atom stereocenters. The first-order valence-electron chi connectivity index (χ1n) is 3.36. The predicted octanol–water partition coefficient (Wildman–Crippen LogP) is -0.403. The molecule has 0 amide bonds. The summed E-state index contributed by atoms with van der Waals surface area (Å²) in [6.45, 7) is 1.12. The van der Waals surface area contributed by atoms with Crippen LogP contribution in [0.4, 0.5) is 5.82 Å². The lowest BCUT2D eigenvalue weighted by molar-refractivity contribution is 0.744. The maximum Gasteiger partial charge on any atom is 0.143 e. The van der Waals surface area contributed by atoms with Gasteiger partial charge in [-0.2, -0.15) is 0 Å². The van der Waals surface area contributed by atoms with Crippen LogP contribution >= 0.6 is 0 Å². The Kier molecular flexibility index (Phi) is 1.19. The normalized spacial score (nSPS) is 16.8. The van der Waals surface area contributed by atoms with Crippen molar-refractivity contribution in [2.75, 3.05) is 11.6 Å². The number of nitrogens with zero attached hydrogens (tertiary/aromatic N) is 3. The number of nitrogens with two attached hydrogens (primary N) is 1. The summed E-state index contributed by atoms with van der Waals surface area (Å²) in [5, 5.41) is 8.94. The van der Waals surface area contributed by atoms with E-state index in [1.807, 2.05) is 4.57 Å². The predicted molar refractivity (Wildman–Crippen MR) is 41.5 cm³/mol. The molecule has 1 aliphatic heterocycles. The Labute approximate surface area is 63.9 Å². The molecule has 3 N–H and O–H groups in total. The third-order valence-electron chi connectivity index (χ3n) is 1.71. The molecule has 2 heterocycles. The van der Waals surface area contributed by atoms with Crippen molar-refractivity contribution in [2.24, 2.45) is 5.84 Å². The van der Waals surface area contributed by atoms with Crippen LogP contribution in [0, 0.1) is 5.41 Å². The summed E-state index contributed by atoms with van der Waals surface area (Å²) in [4.78, 5) is 3.93. The van der Waals surface area contributed by atoms with Crippen LogP contribution in [0.3, 0.4) is 0 Å². The molecular formula is C6H9N5. The Morgan fingerprint density at radius 2 is 2.36 bits per heavy atom. The molecule has 0 aromatic carbocycles. The second-order valence-electron chi connectivity index (χ2n) is 2.61. The number of anilines is 1. The molecule has 0 bridgehead atoms. The Morgan fingerprint density at radius 3 is 3.18 bits per heavy atom. The lowest BCUT2D eigenvalue weighted by Gasteiger charge is -2.25. The minimum absolute atomic E-state index is 0.506. The van der Waals surface area contributed by atoms with Gasteiger partial charge in [-0.05, 0) is 0 Å². The highest BCUT2D eigenvalue weighted by atomic mass is 15.5. The quantitative estimate of drug-likeness (QED) is 0.495. The number of fused-ring (bicyclic) bond motifs is 1. The van der Waals surface area contributed by atoms with E-state index in [0.29, 0.717) is 18.8 Å². The maximum atomic E-state index is 7.42. The van der Waals surface area contributed by atoms with Crippen molar-refractivity contribution < 1.29 is 0 Å². The summed E-state index contributed by atoms with van der Waals surface area (Å²) in [5.74, 6) is 6.49. The zero-order valence-corrected chi connectivity index (χ0v) is 5.99. The van der Waals surface area contributed by atoms with Gasteiger partial charge >= 0.3 is 0 Å². The highest BCUT2D eigenvalue weighted by Gasteiger charge is 2.16. The van der Waals surface area contributed by atoms with E-state index in [4.69, 9.17) is 11.3 Å². The Hall–Kier alpha value is -1.36. The summed E-state index contributed by atoms with van der Waals surface area (Å²) in [6, 6.07) is 0. The van der Waals surface area contributed by atoms with Crippen LogP contribution in [-0.4, -0.2) is 21.8 Å². The number of nitrogens with one attached hydrogen (secondary N) is 1. The molecule has 0 radical (unpaired) electrons.